The molecule has 0 radical (unpaired) electrons. The van der Waals surface area contributed by atoms with Gasteiger partial charge in [-0.05, 0) is 44.9 Å². The first kappa shape index (κ1) is 31.4. The number of aromatic nitrogens is 1. The lowest BCUT2D eigenvalue weighted by Crippen LogP contribution is -2.58. The van der Waals surface area contributed by atoms with Crippen molar-refractivity contribution in [1.29, 1.82) is 0 Å². The van der Waals surface area contributed by atoms with Gasteiger partial charge >= 0.3 is 12.2 Å². The summed E-state index contributed by atoms with van der Waals surface area (Å²) in [7, 11) is 0. The van der Waals surface area contributed by atoms with E-state index in [1.54, 1.807) is 37.5 Å². The molecule has 0 saturated carbocycles. The van der Waals surface area contributed by atoms with E-state index < -0.39 is 41.7 Å². The van der Waals surface area contributed by atoms with E-state index in [-0.39, 0.29) is 12.5 Å². The van der Waals surface area contributed by atoms with Gasteiger partial charge in [0, 0.05) is 49.2 Å². The van der Waals surface area contributed by atoms with Crippen LogP contribution in [0.25, 0.3) is 10.9 Å². The number of rotatable bonds is 8. The summed E-state index contributed by atoms with van der Waals surface area (Å²) in [6, 6.07) is 15.1. The van der Waals surface area contributed by atoms with E-state index in [0.717, 1.165) is 22.0 Å². The van der Waals surface area contributed by atoms with Gasteiger partial charge in [0.05, 0.1) is 0 Å². The van der Waals surface area contributed by atoms with Crippen molar-refractivity contribution in [3.63, 3.8) is 0 Å². The maximum atomic E-state index is 13.7. The number of alkyl carbamates (subject to hydrolysis) is 1. The van der Waals surface area contributed by atoms with Crippen LogP contribution in [-0.4, -0.2) is 82.6 Å². The summed E-state index contributed by atoms with van der Waals surface area (Å²) >= 11 is 0. The van der Waals surface area contributed by atoms with Crippen molar-refractivity contribution < 1.29 is 28.7 Å². The van der Waals surface area contributed by atoms with Crippen molar-refractivity contribution in [2.75, 3.05) is 26.2 Å². The number of para-hydroxylation sites is 1. The fourth-order valence-corrected chi connectivity index (χ4v) is 5.03. The third-order valence-corrected chi connectivity index (χ3v) is 7.35. The second kappa shape index (κ2) is 13.6. The summed E-state index contributed by atoms with van der Waals surface area (Å²) in [5.74, 6) is -1.25. The number of nitrogens with one attached hydrogen (secondary N) is 3. The Morgan fingerprint density at radius 2 is 1.51 bits per heavy atom. The summed E-state index contributed by atoms with van der Waals surface area (Å²) in [5.41, 5.74) is 1.96. The van der Waals surface area contributed by atoms with E-state index in [1.165, 1.54) is 0 Å². The van der Waals surface area contributed by atoms with Gasteiger partial charge < -0.3 is 34.9 Å². The Labute approximate surface area is 251 Å². The van der Waals surface area contributed by atoms with Crippen LogP contribution < -0.4 is 10.6 Å². The highest BCUT2D eigenvalue weighted by molar-refractivity contribution is 5.93. The minimum Gasteiger partial charge on any atom is -0.445 e. The number of fused-ring (bicyclic) bond motifs is 1. The number of amides is 4. The van der Waals surface area contributed by atoms with E-state index in [4.69, 9.17) is 9.47 Å². The highest BCUT2D eigenvalue weighted by Crippen LogP contribution is 2.28. The number of hydrogen-bond acceptors (Lipinski definition) is 6. The van der Waals surface area contributed by atoms with Crippen LogP contribution >= 0.6 is 0 Å². The Morgan fingerprint density at radius 3 is 2.19 bits per heavy atom. The van der Waals surface area contributed by atoms with Crippen molar-refractivity contribution in [3.8, 4) is 0 Å². The molecule has 0 unspecified atom stereocenters. The molecule has 11 nitrogen and oxygen atoms in total. The van der Waals surface area contributed by atoms with E-state index in [1.807, 2.05) is 67.7 Å². The normalized spacial score (nSPS) is 15.7. The zero-order valence-electron chi connectivity index (χ0n) is 25.4. The molecule has 2 aromatic carbocycles. The van der Waals surface area contributed by atoms with E-state index >= 15 is 0 Å². The number of ether oxygens (including phenoxy) is 2. The minimum atomic E-state index is -1.03. The van der Waals surface area contributed by atoms with Crippen molar-refractivity contribution in [1.82, 2.24) is 25.4 Å². The zero-order valence-corrected chi connectivity index (χ0v) is 25.4. The van der Waals surface area contributed by atoms with E-state index in [2.05, 4.69) is 15.6 Å². The molecule has 3 atom stereocenters. The average molecular weight is 592 g/mol. The molecule has 1 fully saturated rings. The molecule has 11 heteroatoms. The second-order valence-electron chi connectivity index (χ2n) is 11.8. The van der Waals surface area contributed by atoms with Gasteiger partial charge in [-0.25, -0.2) is 9.59 Å². The molecule has 0 aliphatic carbocycles. The smallest absolute Gasteiger partial charge is 0.410 e. The SMILES string of the molecule is C[C@@H](NC(=O)[C@H](NC(=O)OCc1ccccc1)[C@@H](C)c1c[nH]c2ccccc12)C(=O)N1CCN(C(=O)OC(C)(C)C)CC1. The Kier molecular flexibility index (Phi) is 9.95. The number of benzene rings is 2. The van der Waals surface area contributed by atoms with Gasteiger partial charge in [-0.15, -0.1) is 0 Å². The Bertz CT molecular complexity index is 1420. The molecule has 4 rings (SSSR count). The lowest BCUT2D eigenvalue weighted by molar-refractivity contribution is -0.137. The van der Waals surface area contributed by atoms with Gasteiger partial charge in [0.1, 0.15) is 24.3 Å². The molecular weight excluding hydrogens is 550 g/mol. The van der Waals surface area contributed by atoms with Crippen molar-refractivity contribution >= 4 is 34.9 Å². The molecule has 3 N–H and O–H groups in total. The lowest BCUT2D eigenvalue weighted by Gasteiger charge is -2.36. The molecule has 1 aliphatic heterocycles. The Balaban J connectivity index is 1.42. The molecule has 1 aromatic heterocycles. The number of carbonyl (C=O) groups is 4. The fraction of sp³-hybridized carbons (Fsp3) is 0.438. The van der Waals surface area contributed by atoms with E-state index in [0.29, 0.717) is 26.2 Å². The molecule has 0 bridgehead atoms. The van der Waals surface area contributed by atoms with Crippen molar-refractivity contribution in [2.24, 2.45) is 0 Å². The van der Waals surface area contributed by atoms with Gasteiger partial charge in [0.2, 0.25) is 11.8 Å². The number of hydrogen-bond donors (Lipinski definition) is 3. The number of piperazine rings is 1. The van der Waals surface area contributed by atoms with Crippen LogP contribution in [0.1, 0.15) is 51.7 Å². The van der Waals surface area contributed by atoms with Gasteiger partial charge in [-0.2, -0.15) is 0 Å². The van der Waals surface area contributed by atoms with Crippen LogP contribution in [0.2, 0.25) is 0 Å². The van der Waals surface area contributed by atoms with Gasteiger partial charge in [-0.1, -0.05) is 55.5 Å². The number of aromatic amines is 1. The first-order valence-corrected chi connectivity index (χ1v) is 14.5. The highest BCUT2D eigenvalue weighted by Gasteiger charge is 2.34. The van der Waals surface area contributed by atoms with Crippen molar-refractivity contribution in [2.45, 2.75) is 64.8 Å². The standard InChI is InChI=1S/C32H41N5O6/c1-21(25-19-33-26-14-10-9-13-24(25)26)27(35-30(40)42-20-23-11-7-6-8-12-23)28(38)34-22(2)29(39)36-15-17-37(18-16-36)31(41)43-32(3,4)5/h6-14,19,21-22,27,33H,15-18,20H2,1-5H3,(H,34,38)(H,35,40)/t21-,22+,27+/m0/s1. The summed E-state index contributed by atoms with van der Waals surface area (Å²) < 4.78 is 10.8. The molecule has 2 heterocycles. The number of nitrogens with zero attached hydrogens (tertiary/aromatic N) is 2. The number of H-pyrrole nitrogens is 1. The predicted octanol–water partition coefficient (Wildman–Crippen LogP) is 4.15. The summed E-state index contributed by atoms with van der Waals surface area (Å²) in [6.45, 7) is 10.2. The maximum Gasteiger partial charge on any atom is 0.410 e. The van der Waals surface area contributed by atoms with Crippen LogP contribution in [0.3, 0.4) is 0 Å². The van der Waals surface area contributed by atoms with Crippen LogP contribution in [0.15, 0.2) is 60.8 Å². The van der Waals surface area contributed by atoms with Crippen LogP contribution in [0, 0.1) is 0 Å². The summed E-state index contributed by atoms with van der Waals surface area (Å²) in [5, 5.41) is 6.46. The minimum absolute atomic E-state index is 0.0483. The zero-order chi connectivity index (χ0) is 31.1. The van der Waals surface area contributed by atoms with Crippen LogP contribution in [0.5, 0.6) is 0 Å². The molecule has 0 spiro atoms. The van der Waals surface area contributed by atoms with Crippen LogP contribution in [-0.2, 0) is 25.7 Å². The maximum absolute atomic E-state index is 13.7. The van der Waals surface area contributed by atoms with Gasteiger partial charge in [0.15, 0.2) is 0 Å². The molecule has 43 heavy (non-hydrogen) atoms. The Hall–Kier alpha value is -4.54. The number of carbonyl (C=O) groups excluding carboxylic acids is 4. The quantitative estimate of drug-likeness (QED) is 0.361. The topological polar surface area (TPSA) is 133 Å². The second-order valence-corrected chi connectivity index (χ2v) is 11.8. The first-order valence-electron chi connectivity index (χ1n) is 14.5. The average Bonchev–Trinajstić information content (AvgIpc) is 3.42. The summed E-state index contributed by atoms with van der Waals surface area (Å²) in [4.78, 5) is 58.6. The molecule has 230 valence electrons. The van der Waals surface area contributed by atoms with Crippen molar-refractivity contribution in [3.05, 3.63) is 71.9 Å². The lowest BCUT2D eigenvalue weighted by atomic mass is 9.92. The third-order valence-electron chi connectivity index (χ3n) is 7.35. The third kappa shape index (κ3) is 8.27. The largest absolute Gasteiger partial charge is 0.445 e. The van der Waals surface area contributed by atoms with Crippen LogP contribution in [0.4, 0.5) is 9.59 Å². The molecule has 3 aromatic rings. The fourth-order valence-electron chi connectivity index (χ4n) is 5.03. The monoisotopic (exact) mass is 591 g/mol. The van der Waals surface area contributed by atoms with E-state index in [9.17, 15) is 19.2 Å². The highest BCUT2D eigenvalue weighted by atomic mass is 16.6. The molecule has 1 saturated heterocycles. The Morgan fingerprint density at radius 1 is 0.884 bits per heavy atom. The molecule has 4 amide bonds. The first-order chi connectivity index (χ1) is 20.4. The molecule has 1 aliphatic rings. The van der Waals surface area contributed by atoms with Gasteiger partial charge in [-0.3, -0.25) is 9.59 Å². The predicted molar refractivity (Wildman–Crippen MR) is 162 cm³/mol. The van der Waals surface area contributed by atoms with Gasteiger partial charge in [0.25, 0.3) is 0 Å². The molecular formula is C32H41N5O6. The summed E-state index contributed by atoms with van der Waals surface area (Å²) in [6.07, 6.45) is 0.666.